The van der Waals surface area contributed by atoms with E-state index in [-0.39, 0.29) is 11.3 Å². The molecule has 0 bridgehead atoms. The molecule has 1 aliphatic heterocycles. The molecule has 0 atom stereocenters. The Morgan fingerprint density at radius 2 is 1.85 bits per heavy atom. The largest absolute Gasteiger partial charge is 0.311 e. The van der Waals surface area contributed by atoms with Gasteiger partial charge in [-0.15, -0.1) is 0 Å². The molecule has 5 nitrogen and oxygen atoms in total. The highest BCUT2D eigenvalue weighted by molar-refractivity contribution is 5.90. The van der Waals surface area contributed by atoms with Gasteiger partial charge in [-0.3, -0.25) is 4.79 Å². The van der Waals surface area contributed by atoms with Gasteiger partial charge in [0.25, 0.3) is 0 Å². The monoisotopic (exact) mass is 368 g/mol. The first kappa shape index (κ1) is 19.6. The van der Waals surface area contributed by atoms with Crippen LogP contribution in [0.5, 0.6) is 0 Å². The molecule has 1 amide bonds. The third-order valence-electron chi connectivity index (χ3n) is 5.30. The van der Waals surface area contributed by atoms with Gasteiger partial charge in [-0.1, -0.05) is 51.1 Å². The predicted molar refractivity (Wildman–Crippen MR) is 110 cm³/mol. The first-order chi connectivity index (χ1) is 12.8. The van der Waals surface area contributed by atoms with Crippen molar-refractivity contribution in [1.29, 1.82) is 0 Å². The molecule has 0 aliphatic carbocycles. The number of amides is 1. The summed E-state index contributed by atoms with van der Waals surface area (Å²) < 4.78 is 1.92. The standard InChI is InChI=1S/C22H32N4O/c1-22(2,3)19-15-20(26(24-19)16-18-8-6-5-7-9-18)23-21(27)14-17-10-12-25(4)13-11-17/h5-9,15,17H,10-14,16H2,1-4H3,(H,23,27). The number of carbonyl (C=O) groups excluding carboxylic acids is 1. The number of rotatable bonds is 5. The highest BCUT2D eigenvalue weighted by atomic mass is 16.1. The molecule has 5 heteroatoms. The second-order valence-corrected chi connectivity index (χ2v) is 8.81. The average molecular weight is 369 g/mol. The van der Waals surface area contributed by atoms with Crippen LogP contribution < -0.4 is 5.32 Å². The summed E-state index contributed by atoms with van der Waals surface area (Å²) in [4.78, 5) is 15.0. The zero-order valence-electron chi connectivity index (χ0n) is 17.0. The maximum absolute atomic E-state index is 12.7. The fourth-order valence-corrected chi connectivity index (χ4v) is 3.48. The van der Waals surface area contributed by atoms with Crippen molar-refractivity contribution in [2.24, 2.45) is 5.92 Å². The van der Waals surface area contributed by atoms with E-state index in [4.69, 9.17) is 5.10 Å². The van der Waals surface area contributed by atoms with Gasteiger partial charge >= 0.3 is 0 Å². The number of benzene rings is 1. The third-order valence-corrected chi connectivity index (χ3v) is 5.30. The van der Waals surface area contributed by atoms with Gasteiger partial charge in [-0.25, -0.2) is 4.68 Å². The molecule has 1 N–H and O–H groups in total. The molecule has 1 aromatic carbocycles. The first-order valence-corrected chi connectivity index (χ1v) is 9.92. The number of carbonyl (C=O) groups is 1. The maximum Gasteiger partial charge on any atom is 0.225 e. The Balaban J connectivity index is 1.72. The van der Waals surface area contributed by atoms with Crippen molar-refractivity contribution < 1.29 is 4.79 Å². The summed E-state index contributed by atoms with van der Waals surface area (Å²) in [6.45, 7) is 9.25. The molecule has 1 saturated heterocycles. The summed E-state index contributed by atoms with van der Waals surface area (Å²) in [6, 6.07) is 12.3. The van der Waals surface area contributed by atoms with Gasteiger partial charge in [-0.05, 0) is 44.5 Å². The number of hydrogen-bond acceptors (Lipinski definition) is 3. The van der Waals surface area contributed by atoms with E-state index in [0.717, 1.165) is 37.4 Å². The van der Waals surface area contributed by atoms with Gasteiger partial charge < -0.3 is 10.2 Å². The number of piperidine rings is 1. The SMILES string of the molecule is CN1CCC(CC(=O)Nc2cc(C(C)(C)C)nn2Cc2ccccc2)CC1. The minimum atomic E-state index is -0.0601. The van der Waals surface area contributed by atoms with Crippen molar-refractivity contribution in [1.82, 2.24) is 14.7 Å². The molecule has 0 unspecified atom stereocenters. The van der Waals surface area contributed by atoms with E-state index in [1.807, 2.05) is 28.9 Å². The summed E-state index contributed by atoms with van der Waals surface area (Å²) in [5, 5.41) is 7.91. The lowest BCUT2D eigenvalue weighted by Gasteiger charge is -2.28. The normalized spacial score (nSPS) is 16.4. The van der Waals surface area contributed by atoms with Gasteiger partial charge in [0.2, 0.25) is 5.91 Å². The first-order valence-electron chi connectivity index (χ1n) is 9.92. The number of nitrogens with zero attached hydrogens (tertiary/aromatic N) is 3. The van der Waals surface area contributed by atoms with E-state index in [1.54, 1.807) is 0 Å². The van der Waals surface area contributed by atoms with E-state index in [9.17, 15) is 4.79 Å². The van der Waals surface area contributed by atoms with Gasteiger partial charge in [0, 0.05) is 17.9 Å². The highest BCUT2D eigenvalue weighted by Crippen LogP contribution is 2.26. The van der Waals surface area contributed by atoms with Crippen LogP contribution in [0, 0.1) is 5.92 Å². The molecule has 0 saturated carbocycles. The molecule has 0 radical (unpaired) electrons. The van der Waals surface area contributed by atoms with E-state index in [2.05, 4.69) is 50.2 Å². The van der Waals surface area contributed by atoms with Crippen molar-refractivity contribution in [3.8, 4) is 0 Å². The molecule has 2 heterocycles. The second kappa shape index (κ2) is 8.26. The Morgan fingerprint density at radius 1 is 1.19 bits per heavy atom. The Hall–Kier alpha value is -2.14. The smallest absolute Gasteiger partial charge is 0.225 e. The summed E-state index contributed by atoms with van der Waals surface area (Å²) in [6.07, 6.45) is 2.79. The summed E-state index contributed by atoms with van der Waals surface area (Å²) in [5.41, 5.74) is 2.11. The summed E-state index contributed by atoms with van der Waals surface area (Å²) >= 11 is 0. The van der Waals surface area contributed by atoms with Gasteiger partial charge in [-0.2, -0.15) is 5.10 Å². The van der Waals surface area contributed by atoms with Crippen LogP contribution in [-0.4, -0.2) is 40.7 Å². The lowest BCUT2D eigenvalue weighted by Crippen LogP contribution is -2.32. The molecule has 0 spiro atoms. The quantitative estimate of drug-likeness (QED) is 0.871. The van der Waals surface area contributed by atoms with Crippen LogP contribution in [0.4, 0.5) is 5.82 Å². The maximum atomic E-state index is 12.7. The fourth-order valence-electron chi connectivity index (χ4n) is 3.48. The molecule has 1 aromatic heterocycles. The van der Waals surface area contributed by atoms with Crippen molar-refractivity contribution >= 4 is 11.7 Å². The molecular weight excluding hydrogens is 336 g/mol. The number of anilines is 1. The fraction of sp³-hybridized carbons (Fsp3) is 0.545. The Morgan fingerprint density at radius 3 is 2.48 bits per heavy atom. The number of likely N-dealkylation sites (tertiary alicyclic amines) is 1. The van der Waals surface area contributed by atoms with E-state index < -0.39 is 0 Å². The zero-order valence-corrected chi connectivity index (χ0v) is 17.0. The van der Waals surface area contributed by atoms with Crippen molar-refractivity contribution in [2.45, 2.75) is 52.0 Å². The van der Waals surface area contributed by atoms with Crippen LogP contribution in [0.2, 0.25) is 0 Å². The molecule has 1 fully saturated rings. The number of aromatic nitrogens is 2. The van der Waals surface area contributed by atoms with Crippen LogP contribution in [0.25, 0.3) is 0 Å². The van der Waals surface area contributed by atoms with E-state index >= 15 is 0 Å². The number of hydrogen-bond donors (Lipinski definition) is 1. The highest BCUT2D eigenvalue weighted by Gasteiger charge is 2.23. The predicted octanol–water partition coefficient (Wildman–Crippen LogP) is 3.90. The summed E-state index contributed by atoms with van der Waals surface area (Å²) in [5.74, 6) is 1.37. The van der Waals surface area contributed by atoms with Crippen molar-refractivity contribution in [2.75, 3.05) is 25.5 Å². The average Bonchev–Trinajstić information content (AvgIpc) is 3.01. The Labute approximate surface area is 162 Å². The summed E-state index contributed by atoms with van der Waals surface area (Å²) in [7, 11) is 2.15. The van der Waals surface area contributed by atoms with E-state index in [1.165, 1.54) is 5.56 Å². The van der Waals surface area contributed by atoms with Gasteiger partial charge in [0.05, 0.1) is 12.2 Å². The van der Waals surface area contributed by atoms with Crippen LogP contribution >= 0.6 is 0 Å². The van der Waals surface area contributed by atoms with Crippen molar-refractivity contribution in [3.63, 3.8) is 0 Å². The third kappa shape index (κ3) is 5.42. The molecule has 27 heavy (non-hydrogen) atoms. The minimum absolute atomic E-state index is 0.0601. The van der Waals surface area contributed by atoms with Crippen LogP contribution in [0.3, 0.4) is 0 Å². The van der Waals surface area contributed by atoms with Crippen molar-refractivity contribution in [3.05, 3.63) is 47.7 Å². The van der Waals surface area contributed by atoms with E-state index in [0.29, 0.717) is 18.9 Å². The molecule has 3 rings (SSSR count). The van der Waals surface area contributed by atoms with Crippen LogP contribution in [0.15, 0.2) is 36.4 Å². The second-order valence-electron chi connectivity index (χ2n) is 8.81. The van der Waals surface area contributed by atoms with Gasteiger partial charge in [0.1, 0.15) is 5.82 Å². The number of nitrogens with one attached hydrogen (secondary N) is 1. The molecular formula is C22H32N4O. The molecule has 2 aromatic rings. The van der Waals surface area contributed by atoms with Gasteiger partial charge in [0.15, 0.2) is 0 Å². The topological polar surface area (TPSA) is 50.2 Å². The Bertz CT molecular complexity index is 752. The molecule has 1 aliphatic rings. The lowest BCUT2D eigenvalue weighted by atomic mass is 9.92. The van der Waals surface area contributed by atoms with Crippen LogP contribution in [-0.2, 0) is 16.8 Å². The minimum Gasteiger partial charge on any atom is -0.311 e. The molecule has 146 valence electrons. The van der Waals surface area contributed by atoms with Crippen LogP contribution in [0.1, 0.15) is 51.3 Å². The zero-order chi connectivity index (χ0) is 19.4. The lowest BCUT2D eigenvalue weighted by molar-refractivity contribution is -0.117. The Kier molecular flexibility index (Phi) is 6.00.